The third-order valence-electron chi connectivity index (χ3n) is 2.93. The first-order valence-electron chi connectivity index (χ1n) is 6.16. The molecule has 1 N–H and O–H groups in total. The smallest absolute Gasteiger partial charge is 0.339 e. The van der Waals surface area contributed by atoms with Gasteiger partial charge in [-0.15, -0.1) is 0 Å². The highest BCUT2D eigenvalue weighted by Crippen LogP contribution is 2.22. The first-order chi connectivity index (χ1) is 10.0. The number of ether oxygens (including phenoxy) is 1. The molecule has 0 aromatic heterocycles. The number of nitriles is 1. The number of hydrogen-bond donors (Lipinski definition) is 1. The Labute approximate surface area is 121 Å². The number of carboxylic acid groups (broad SMARTS) is 1. The van der Waals surface area contributed by atoms with E-state index in [4.69, 9.17) is 15.1 Å². The first-order valence-corrected chi connectivity index (χ1v) is 6.16. The minimum Gasteiger partial charge on any atom is -0.488 e. The predicted molar refractivity (Wildman–Crippen MR) is 73.6 cm³/mol. The molecule has 106 valence electrons. The van der Waals surface area contributed by atoms with E-state index in [0.29, 0.717) is 0 Å². The molecule has 0 radical (unpaired) electrons. The molecule has 0 bridgehead atoms. The van der Waals surface area contributed by atoms with E-state index in [2.05, 4.69) is 0 Å². The number of halogens is 1. The molecule has 0 unspecified atom stereocenters. The van der Waals surface area contributed by atoms with Gasteiger partial charge < -0.3 is 9.84 Å². The molecule has 0 fully saturated rings. The first kappa shape index (κ1) is 14.5. The number of hydrogen-bond acceptors (Lipinski definition) is 3. The van der Waals surface area contributed by atoms with Crippen molar-refractivity contribution in [3.63, 3.8) is 0 Å². The van der Waals surface area contributed by atoms with Crippen LogP contribution in [0.15, 0.2) is 36.4 Å². The van der Waals surface area contributed by atoms with Crippen molar-refractivity contribution in [2.45, 2.75) is 13.5 Å². The van der Waals surface area contributed by atoms with Gasteiger partial charge in [-0.25, -0.2) is 9.18 Å². The lowest BCUT2D eigenvalue weighted by molar-refractivity contribution is 0.0691. The van der Waals surface area contributed by atoms with Crippen molar-refractivity contribution in [3.8, 4) is 11.8 Å². The molecule has 0 heterocycles. The lowest BCUT2D eigenvalue weighted by Gasteiger charge is -2.10. The molecular formula is C16H12FNO3. The molecule has 5 heteroatoms. The number of aromatic carboxylic acids is 1. The normalized spacial score (nSPS) is 9.95. The fraction of sp³-hybridized carbons (Fsp3) is 0.125. The third kappa shape index (κ3) is 3.37. The van der Waals surface area contributed by atoms with Gasteiger partial charge in [0.25, 0.3) is 0 Å². The Hall–Kier alpha value is -2.87. The van der Waals surface area contributed by atoms with Crippen molar-refractivity contribution in [2.24, 2.45) is 0 Å². The van der Waals surface area contributed by atoms with E-state index in [9.17, 15) is 9.18 Å². The number of carboxylic acids is 1. The fourth-order valence-corrected chi connectivity index (χ4v) is 1.82. The average Bonchev–Trinajstić information content (AvgIpc) is 2.45. The SMILES string of the molecule is Cc1ccc(C(=O)O)c(OCc2ccc(C#N)cc2F)c1. The van der Waals surface area contributed by atoms with Gasteiger partial charge in [0.2, 0.25) is 0 Å². The Bertz CT molecular complexity index is 735. The predicted octanol–water partition coefficient (Wildman–Crippen LogP) is 3.28. The highest BCUT2D eigenvalue weighted by molar-refractivity contribution is 5.90. The lowest BCUT2D eigenvalue weighted by atomic mass is 10.1. The van der Waals surface area contributed by atoms with Gasteiger partial charge in [-0.3, -0.25) is 0 Å². The van der Waals surface area contributed by atoms with Crippen LogP contribution in [0, 0.1) is 24.1 Å². The van der Waals surface area contributed by atoms with Crippen LogP contribution in [0.1, 0.15) is 27.0 Å². The van der Waals surface area contributed by atoms with E-state index < -0.39 is 11.8 Å². The van der Waals surface area contributed by atoms with E-state index in [1.807, 2.05) is 6.07 Å². The third-order valence-corrected chi connectivity index (χ3v) is 2.93. The van der Waals surface area contributed by atoms with Crippen LogP contribution in [-0.4, -0.2) is 11.1 Å². The van der Waals surface area contributed by atoms with Crippen LogP contribution >= 0.6 is 0 Å². The van der Waals surface area contributed by atoms with Crippen molar-refractivity contribution in [3.05, 3.63) is 64.5 Å². The van der Waals surface area contributed by atoms with Crippen molar-refractivity contribution >= 4 is 5.97 Å². The Kier molecular flexibility index (Phi) is 4.19. The topological polar surface area (TPSA) is 70.3 Å². The second-order valence-corrected chi connectivity index (χ2v) is 4.51. The molecule has 0 amide bonds. The highest BCUT2D eigenvalue weighted by atomic mass is 19.1. The Balaban J connectivity index is 2.22. The number of benzene rings is 2. The summed E-state index contributed by atoms with van der Waals surface area (Å²) in [4.78, 5) is 11.1. The van der Waals surface area contributed by atoms with Gasteiger partial charge >= 0.3 is 5.97 Å². The molecule has 0 saturated carbocycles. The van der Waals surface area contributed by atoms with Crippen LogP contribution in [0.5, 0.6) is 5.75 Å². The number of aryl methyl sites for hydroxylation is 1. The zero-order valence-corrected chi connectivity index (χ0v) is 11.3. The standard InChI is InChI=1S/C16H12FNO3/c1-10-2-5-13(16(19)20)15(6-10)21-9-12-4-3-11(8-18)7-14(12)17/h2-7H,9H2,1H3,(H,19,20). The molecule has 0 aliphatic carbocycles. The van der Waals surface area contributed by atoms with Gasteiger partial charge in [0.15, 0.2) is 0 Å². The maximum Gasteiger partial charge on any atom is 0.339 e. The minimum atomic E-state index is -1.11. The average molecular weight is 285 g/mol. The molecule has 0 aliphatic heterocycles. The summed E-state index contributed by atoms with van der Waals surface area (Å²) in [6, 6.07) is 10.6. The molecule has 2 rings (SSSR count). The summed E-state index contributed by atoms with van der Waals surface area (Å²) in [6.45, 7) is 1.70. The minimum absolute atomic E-state index is 0.0228. The molecule has 0 atom stereocenters. The Morgan fingerprint density at radius 3 is 2.71 bits per heavy atom. The van der Waals surface area contributed by atoms with Crippen LogP contribution in [0.2, 0.25) is 0 Å². The quantitative estimate of drug-likeness (QED) is 0.935. The largest absolute Gasteiger partial charge is 0.488 e. The molecular weight excluding hydrogens is 273 g/mol. The van der Waals surface area contributed by atoms with Gasteiger partial charge in [0, 0.05) is 5.56 Å². The van der Waals surface area contributed by atoms with Crippen LogP contribution in [0.4, 0.5) is 4.39 Å². The van der Waals surface area contributed by atoms with E-state index in [0.717, 1.165) is 11.6 Å². The maximum atomic E-state index is 13.7. The lowest BCUT2D eigenvalue weighted by Crippen LogP contribution is -2.05. The summed E-state index contributed by atoms with van der Waals surface area (Å²) in [5, 5.41) is 17.8. The van der Waals surface area contributed by atoms with Gasteiger partial charge in [-0.2, -0.15) is 5.26 Å². The number of carbonyl (C=O) groups is 1. The molecule has 2 aromatic rings. The Morgan fingerprint density at radius 2 is 2.10 bits per heavy atom. The highest BCUT2D eigenvalue weighted by Gasteiger charge is 2.12. The molecule has 0 aliphatic rings. The second-order valence-electron chi connectivity index (χ2n) is 4.51. The molecule has 0 spiro atoms. The summed E-state index contributed by atoms with van der Waals surface area (Å²) in [6.07, 6.45) is 0. The van der Waals surface area contributed by atoms with E-state index in [1.54, 1.807) is 19.1 Å². The summed E-state index contributed by atoms with van der Waals surface area (Å²) < 4.78 is 19.1. The molecule has 4 nitrogen and oxygen atoms in total. The van der Waals surface area contributed by atoms with Crippen LogP contribution in [0.3, 0.4) is 0 Å². The van der Waals surface area contributed by atoms with E-state index in [-0.39, 0.29) is 29.0 Å². The molecule has 0 saturated heterocycles. The number of nitrogens with zero attached hydrogens (tertiary/aromatic N) is 1. The molecule has 21 heavy (non-hydrogen) atoms. The summed E-state index contributed by atoms with van der Waals surface area (Å²) >= 11 is 0. The zero-order chi connectivity index (χ0) is 15.4. The summed E-state index contributed by atoms with van der Waals surface area (Å²) in [7, 11) is 0. The van der Waals surface area contributed by atoms with Crippen molar-refractivity contribution in [1.29, 1.82) is 5.26 Å². The van der Waals surface area contributed by atoms with Gasteiger partial charge in [0.1, 0.15) is 23.7 Å². The summed E-state index contributed by atoms with van der Waals surface area (Å²) in [5.74, 6) is -1.48. The molecule has 2 aromatic carbocycles. The maximum absolute atomic E-state index is 13.7. The van der Waals surface area contributed by atoms with E-state index in [1.165, 1.54) is 18.2 Å². The monoisotopic (exact) mass is 285 g/mol. The zero-order valence-electron chi connectivity index (χ0n) is 11.3. The second kappa shape index (κ2) is 6.06. The van der Waals surface area contributed by atoms with E-state index >= 15 is 0 Å². The Morgan fingerprint density at radius 1 is 1.33 bits per heavy atom. The van der Waals surface area contributed by atoms with Crippen molar-refractivity contribution < 1.29 is 19.0 Å². The summed E-state index contributed by atoms with van der Waals surface area (Å²) in [5.41, 5.74) is 1.34. The van der Waals surface area contributed by atoms with Gasteiger partial charge in [-0.05, 0) is 36.8 Å². The van der Waals surface area contributed by atoms with Gasteiger partial charge in [0.05, 0.1) is 11.6 Å². The van der Waals surface area contributed by atoms with Gasteiger partial charge in [-0.1, -0.05) is 12.1 Å². The van der Waals surface area contributed by atoms with Crippen molar-refractivity contribution in [1.82, 2.24) is 0 Å². The fourth-order valence-electron chi connectivity index (χ4n) is 1.82. The van der Waals surface area contributed by atoms with Crippen LogP contribution in [0.25, 0.3) is 0 Å². The van der Waals surface area contributed by atoms with Crippen LogP contribution in [-0.2, 0) is 6.61 Å². The number of rotatable bonds is 4. The van der Waals surface area contributed by atoms with Crippen molar-refractivity contribution in [2.75, 3.05) is 0 Å². The van der Waals surface area contributed by atoms with Crippen LogP contribution < -0.4 is 4.74 Å².